The standard InChI is InChI=1S/C17H19N5O3S/c1-3-17(2)14(24)22(15(25)19-17)20-13(23)11-26-16-18-9-10-21(16)12-7-5-4-6-8-12/h4-10H,3,11H2,1-2H3,(H,19,25)(H,20,23)/t17-/m0/s1. The SMILES string of the molecule is CC[C@]1(C)NC(=O)N(NC(=O)CSc2nccn2-c2ccccc2)C1=O. The van der Waals surface area contributed by atoms with Crippen LogP contribution in [0.3, 0.4) is 0 Å². The van der Waals surface area contributed by atoms with Gasteiger partial charge in [0.15, 0.2) is 5.16 Å². The summed E-state index contributed by atoms with van der Waals surface area (Å²) in [5.74, 6) is -0.903. The number of hydrogen-bond donors (Lipinski definition) is 2. The van der Waals surface area contributed by atoms with Gasteiger partial charge in [0.2, 0.25) is 5.91 Å². The molecule has 2 aromatic rings. The largest absolute Gasteiger partial charge is 0.344 e. The summed E-state index contributed by atoms with van der Waals surface area (Å²) >= 11 is 1.22. The summed E-state index contributed by atoms with van der Waals surface area (Å²) in [5.41, 5.74) is 2.31. The van der Waals surface area contributed by atoms with Gasteiger partial charge in [-0.2, -0.15) is 5.01 Å². The molecule has 136 valence electrons. The third kappa shape index (κ3) is 3.43. The average Bonchev–Trinajstić information content (AvgIpc) is 3.20. The number of thioether (sulfide) groups is 1. The lowest BCUT2D eigenvalue weighted by Gasteiger charge is -2.19. The van der Waals surface area contributed by atoms with E-state index in [-0.39, 0.29) is 5.75 Å². The number of imidazole rings is 1. The Morgan fingerprint density at radius 2 is 2.04 bits per heavy atom. The Labute approximate surface area is 154 Å². The molecule has 1 aromatic carbocycles. The normalized spacial score (nSPS) is 19.5. The number of hydrogen-bond acceptors (Lipinski definition) is 5. The zero-order chi connectivity index (χ0) is 18.7. The number of benzene rings is 1. The first-order valence-corrected chi connectivity index (χ1v) is 9.11. The van der Waals surface area contributed by atoms with Gasteiger partial charge in [0, 0.05) is 18.1 Å². The number of nitrogens with zero attached hydrogens (tertiary/aromatic N) is 3. The van der Waals surface area contributed by atoms with Crippen LogP contribution in [-0.4, -0.2) is 43.7 Å². The van der Waals surface area contributed by atoms with Crippen LogP contribution in [0.4, 0.5) is 4.79 Å². The van der Waals surface area contributed by atoms with Crippen LogP contribution in [0.5, 0.6) is 0 Å². The lowest BCUT2D eigenvalue weighted by Crippen LogP contribution is -2.49. The molecule has 1 aliphatic rings. The summed E-state index contributed by atoms with van der Waals surface area (Å²) < 4.78 is 1.86. The highest BCUT2D eigenvalue weighted by molar-refractivity contribution is 7.99. The van der Waals surface area contributed by atoms with Gasteiger partial charge in [0.1, 0.15) is 5.54 Å². The highest BCUT2D eigenvalue weighted by atomic mass is 32.2. The van der Waals surface area contributed by atoms with Crippen LogP contribution in [0.1, 0.15) is 20.3 Å². The molecule has 1 aliphatic heterocycles. The molecule has 1 fully saturated rings. The second kappa shape index (κ2) is 7.20. The molecular formula is C17H19N5O3S. The van der Waals surface area contributed by atoms with Gasteiger partial charge in [0.05, 0.1) is 5.75 Å². The molecule has 0 radical (unpaired) electrons. The Morgan fingerprint density at radius 1 is 1.31 bits per heavy atom. The maximum atomic E-state index is 12.3. The molecule has 1 saturated heterocycles. The van der Waals surface area contributed by atoms with Crippen molar-refractivity contribution in [2.45, 2.75) is 31.0 Å². The third-order valence-corrected chi connectivity index (χ3v) is 5.14. The van der Waals surface area contributed by atoms with Crippen LogP contribution in [0.15, 0.2) is 47.9 Å². The maximum absolute atomic E-state index is 12.3. The number of aromatic nitrogens is 2. The number of rotatable bonds is 6. The summed E-state index contributed by atoms with van der Waals surface area (Å²) in [4.78, 5) is 40.6. The van der Waals surface area contributed by atoms with E-state index in [1.54, 1.807) is 26.2 Å². The van der Waals surface area contributed by atoms with Gasteiger partial charge in [-0.05, 0) is 25.5 Å². The van der Waals surface area contributed by atoms with E-state index >= 15 is 0 Å². The van der Waals surface area contributed by atoms with Crippen molar-refractivity contribution in [3.8, 4) is 5.69 Å². The van der Waals surface area contributed by atoms with E-state index in [2.05, 4.69) is 15.7 Å². The van der Waals surface area contributed by atoms with Gasteiger partial charge in [-0.15, -0.1) is 0 Å². The molecule has 9 heteroatoms. The Balaban J connectivity index is 1.62. The van der Waals surface area contributed by atoms with Gasteiger partial charge in [-0.3, -0.25) is 19.6 Å². The lowest BCUT2D eigenvalue weighted by atomic mass is 10.00. The minimum absolute atomic E-state index is 0.0176. The minimum Gasteiger partial charge on any atom is -0.322 e. The highest BCUT2D eigenvalue weighted by Crippen LogP contribution is 2.21. The van der Waals surface area contributed by atoms with Crippen LogP contribution >= 0.6 is 11.8 Å². The van der Waals surface area contributed by atoms with Crippen molar-refractivity contribution in [1.82, 2.24) is 25.3 Å². The smallest absolute Gasteiger partial charge is 0.322 e. The van der Waals surface area contributed by atoms with E-state index < -0.39 is 23.4 Å². The monoisotopic (exact) mass is 373 g/mol. The first-order chi connectivity index (χ1) is 12.4. The zero-order valence-electron chi connectivity index (χ0n) is 14.4. The van der Waals surface area contributed by atoms with Crippen LogP contribution < -0.4 is 10.7 Å². The molecular weight excluding hydrogens is 354 g/mol. The molecule has 2 N–H and O–H groups in total. The molecule has 1 aromatic heterocycles. The Bertz CT molecular complexity index is 838. The van der Waals surface area contributed by atoms with Crippen LogP contribution in [0.2, 0.25) is 0 Å². The zero-order valence-corrected chi connectivity index (χ0v) is 15.2. The molecule has 3 rings (SSSR count). The summed E-state index contributed by atoms with van der Waals surface area (Å²) in [6.07, 6.45) is 3.89. The fraction of sp³-hybridized carbons (Fsp3) is 0.294. The third-order valence-electron chi connectivity index (χ3n) is 4.18. The second-order valence-electron chi connectivity index (χ2n) is 6.00. The second-order valence-corrected chi connectivity index (χ2v) is 6.94. The van der Waals surface area contributed by atoms with Gasteiger partial charge >= 0.3 is 6.03 Å². The fourth-order valence-electron chi connectivity index (χ4n) is 2.49. The van der Waals surface area contributed by atoms with E-state index in [1.807, 2.05) is 34.9 Å². The number of hydrazine groups is 1. The Hall–Kier alpha value is -2.81. The Morgan fingerprint density at radius 3 is 2.69 bits per heavy atom. The van der Waals surface area contributed by atoms with E-state index in [4.69, 9.17) is 0 Å². The Kier molecular flexibility index (Phi) is 4.99. The topological polar surface area (TPSA) is 96.3 Å². The van der Waals surface area contributed by atoms with Gasteiger partial charge < -0.3 is 5.32 Å². The highest BCUT2D eigenvalue weighted by Gasteiger charge is 2.47. The molecule has 0 aliphatic carbocycles. The van der Waals surface area contributed by atoms with E-state index in [9.17, 15) is 14.4 Å². The van der Waals surface area contributed by atoms with Crippen molar-refractivity contribution < 1.29 is 14.4 Å². The number of urea groups is 1. The van der Waals surface area contributed by atoms with Crippen molar-refractivity contribution >= 4 is 29.6 Å². The van der Waals surface area contributed by atoms with Crippen molar-refractivity contribution in [2.75, 3.05) is 5.75 Å². The average molecular weight is 373 g/mol. The van der Waals surface area contributed by atoms with Gasteiger partial charge in [-0.25, -0.2) is 9.78 Å². The molecule has 0 bridgehead atoms. The summed E-state index contributed by atoms with van der Waals surface area (Å²) in [7, 11) is 0. The molecule has 8 nitrogen and oxygen atoms in total. The summed E-state index contributed by atoms with van der Waals surface area (Å²) in [6.45, 7) is 3.42. The van der Waals surface area contributed by atoms with Crippen molar-refractivity contribution in [2.24, 2.45) is 0 Å². The lowest BCUT2D eigenvalue weighted by molar-refractivity contribution is -0.137. The van der Waals surface area contributed by atoms with Crippen LogP contribution in [-0.2, 0) is 9.59 Å². The molecule has 4 amide bonds. The van der Waals surface area contributed by atoms with Crippen LogP contribution in [0, 0.1) is 0 Å². The first kappa shape index (κ1) is 18.0. The summed E-state index contributed by atoms with van der Waals surface area (Å²) in [5, 5.41) is 3.97. The van der Waals surface area contributed by atoms with E-state index in [0.29, 0.717) is 11.6 Å². The molecule has 0 unspecified atom stereocenters. The van der Waals surface area contributed by atoms with Crippen molar-refractivity contribution in [3.63, 3.8) is 0 Å². The van der Waals surface area contributed by atoms with Gasteiger partial charge in [-0.1, -0.05) is 36.9 Å². The van der Waals surface area contributed by atoms with E-state index in [0.717, 1.165) is 10.7 Å². The van der Waals surface area contributed by atoms with Crippen LogP contribution in [0.25, 0.3) is 5.69 Å². The molecule has 1 atom stereocenters. The van der Waals surface area contributed by atoms with Crippen molar-refractivity contribution in [1.29, 1.82) is 0 Å². The molecule has 2 heterocycles. The number of imide groups is 1. The predicted molar refractivity (Wildman–Crippen MR) is 96.5 cm³/mol. The molecule has 26 heavy (non-hydrogen) atoms. The number of para-hydroxylation sites is 1. The summed E-state index contributed by atoms with van der Waals surface area (Å²) in [6, 6.07) is 9.00. The quantitative estimate of drug-likeness (QED) is 0.594. The van der Waals surface area contributed by atoms with Gasteiger partial charge in [0.25, 0.3) is 5.91 Å². The molecule has 0 spiro atoms. The maximum Gasteiger partial charge on any atom is 0.344 e. The number of carbonyl (C=O) groups is 3. The van der Waals surface area contributed by atoms with E-state index in [1.165, 1.54) is 11.8 Å². The predicted octanol–water partition coefficient (Wildman–Crippen LogP) is 1.72. The minimum atomic E-state index is -0.985. The van der Waals surface area contributed by atoms with Crippen molar-refractivity contribution in [3.05, 3.63) is 42.7 Å². The first-order valence-electron chi connectivity index (χ1n) is 8.12. The number of amides is 4. The molecule has 0 saturated carbocycles. The number of carbonyl (C=O) groups excluding carboxylic acids is 3. The number of nitrogens with one attached hydrogen (secondary N) is 2. The fourth-order valence-corrected chi connectivity index (χ4v) is 3.26.